The normalized spacial score (nSPS) is 18.0. The number of aromatic nitrogens is 4. The zero-order chi connectivity index (χ0) is 28.4. The van der Waals surface area contributed by atoms with Crippen molar-refractivity contribution in [1.82, 2.24) is 24.6 Å². The van der Waals surface area contributed by atoms with Gasteiger partial charge < -0.3 is 14.7 Å². The SMILES string of the molecule is O=C(C1CCCN(c2ccc(-n3ccnc3-c3ccccc3)nn2)C1)N1CCN(c2cccc(C(F)(F)F)c2)CC1. The van der Waals surface area contributed by atoms with Crippen molar-refractivity contribution in [2.24, 2.45) is 5.92 Å². The highest BCUT2D eigenvalue weighted by atomic mass is 19.4. The summed E-state index contributed by atoms with van der Waals surface area (Å²) in [6.45, 7) is 3.30. The number of piperidine rings is 1. The average molecular weight is 562 g/mol. The fourth-order valence-corrected chi connectivity index (χ4v) is 5.61. The highest BCUT2D eigenvalue weighted by molar-refractivity contribution is 5.80. The van der Waals surface area contributed by atoms with Gasteiger partial charge in [-0.2, -0.15) is 13.2 Å². The van der Waals surface area contributed by atoms with E-state index in [1.807, 2.05) is 63.0 Å². The van der Waals surface area contributed by atoms with Crippen molar-refractivity contribution in [2.45, 2.75) is 19.0 Å². The third-order valence-corrected chi connectivity index (χ3v) is 7.78. The van der Waals surface area contributed by atoms with E-state index in [1.54, 1.807) is 12.3 Å². The summed E-state index contributed by atoms with van der Waals surface area (Å²) in [4.78, 5) is 23.8. The minimum absolute atomic E-state index is 0.0916. The number of benzene rings is 2. The lowest BCUT2D eigenvalue weighted by Crippen LogP contribution is -2.52. The number of rotatable bonds is 5. The quantitative estimate of drug-likeness (QED) is 0.345. The molecule has 2 aromatic heterocycles. The van der Waals surface area contributed by atoms with E-state index >= 15 is 0 Å². The second kappa shape index (κ2) is 11.2. The Bertz CT molecular complexity index is 1480. The lowest BCUT2D eigenvalue weighted by Gasteiger charge is -2.40. The zero-order valence-electron chi connectivity index (χ0n) is 22.4. The van der Waals surface area contributed by atoms with Crippen LogP contribution in [-0.2, 0) is 11.0 Å². The number of alkyl halides is 3. The van der Waals surface area contributed by atoms with Crippen LogP contribution in [0.5, 0.6) is 0 Å². The van der Waals surface area contributed by atoms with Crippen LogP contribution in [0.3, 0.4) is 0 Å². The van der Waals surface area contributed by atoms with Crippen LogP contribution in [-0.4, -0.2) is 69.8 Å². The summed E-state index contributed by atoms with van der Waals surface area (Å²) < 4.78 is 41.3. The van der Waals surface area contributed by atoms with Gasteiger partial charge in [0.15, 0.2) is 11.6 Å². The lowest BCUT2D eigenvalue weighted by atomic mass is 9.96. The minimum Gasteiger partial charge on any atom is -0.368 e. The molecule has 2 aliphatic rings. The number of carbonyl (C=O) groups is 1. The maximum absolute atomic E-state index is 13.4. The van der Waals surface area contributed by atoms with Gasteiger partial charge in [0.05, 0.1) is 11.5 Å². The van der Waals surface area contributed by atoms with Gasteiger partial charge in [0, 0.05) is 62.9 Å². The Kier molecular flexibility index (Phi) is 7.34. The van der Waals surface area contributed by atoms with Crippen LogP contribution in [0.2, 0.25) is 0 Å². The van der Waals surface area contributed by atoms with Gasteiger partial charge in [-0.15, -0.1) is 10.2 Å². The number of carbonyl (C=O) groups excluding carboxylic acids is 1. The summed E-state index contributed by atoms with van der Waals surface area (Å²) in [6.07, 6.45) is 0.871. The molecule has 6 rings (SSSR count). The molecule has 11 heteroatoms. The molecule has 2 saturated heterocycles. The largest absolute Gasteiger partial charge is 0.416 e. The van der Waals surface area contributed by atoms with Crippen molar-refractivity contribution in [3.63, 3.8) is 0 Å². The molecule has 0 aliphatic carbocycles. The van der Waals surface area contributed by atoms with Gasteiger partial charge in [0.25, 0.3) is 0 Å². The van der Waals surface area contributed by atoms with E-state index in [1.165, 1.54) is 12.1 Å². The average Bonchev–Trinajstić information content (AvgIpc) is 3.51. The molecule has 0 N–H and O–H groups in total. The molecule has 41 heavy (non-hydrogen) atoms. The minimum atomic E-state index is -4.38. The van der Waals surface area contributed by atoms with Crippen molar-refractivity contribution in [3.8, 4) is 17.2 Å². The fraction of sp³-hybridized carbons (Fsp3) is 0.333. The molecule has 0 spiro atoms. The van der Waals surface area contributed by atoms with Gasteiger partial charge in [-0.3, -0.25) is 9.36 Å². The van der Waals surface area contributed by atoms with Gasteiger partial charge in [-0.1, -0.05) is 36.4 Å². The number of anilines is 2. The molecule has 0 saturated carbocycles. The smallest absolute Gasteiger partial charge is 0.368 e. The van der Waals surface area contributed by atoms with Gasteiger partial charge in [-0.25, -0.2) is 4.98 Å². The van der Waals surface area contributed by atoms with Gasteiger partial charge in [0.1, 0.15) is 5.82 Å². The first-order valence-corrected chi connectivity index (χ1v) is 13.8. The zero-order valence-corrected chi connectivity index (χ0v) is 22.4. The number of hydrogen-bond acceptors (Lipinski definition) is 6. The fourth-order valence-electron chi connectivity index (χ4n) is 5.61. The van der Waals surface area contributed by atoms with E-state index < -0.39 is 11.7 Å². The molecule has 1 unspecified atom stereocenters. The van der Waals surface area contributed by atoms with Crippen LogP contribution in [0.15, 0.2) is 79.1 Å². The summed E-state index contributed by atoms with van der Waals surface area (Å²) in [6, 6.07) is 19.1. The predicted octanol–water partition coefficient (Wildman–Crippen LogP) is 4.91. The molecular weight excluding hydrogens is 531 g/mol. The Balaban J connectivity index is 1.08. The number of nitrogens with zero attached hydrogens (tertiary/aromatic N) is 7. The molecule has 4 aromatic rings. The topological polar surface area (TPSA) is 70.4 Å². The van der Waals surface area contributed by atoms with E-state index in [-0.39, 0.29) is 11.8 Å². The number of hydrogen-bond donors (Lipinski definition) is 0. The molecule has 2 aromatic carbocycles. The molecule has 8 nitrogen and oxygen atoms in total. The van der Waals surface area contributed by atoms with Crippen molar-refractivity contribution in [1.29, 1.82) is 0 Å². The van der Waals surface area contributed by atoms with Crippen LogP contribution in [0.25, 0.3) is 17.2 Å². The molecule has 2 aliphatic heterocycles. The molecule has 0 radical (unpaired) electrons. The second-order valence-corrected chi connectivity index (χ2v) is 10.4. The van der Waals surface area contributed by atoms with E-state index in [2.05, 4.69) is 20.1 Å². The lowest BCUT2D eigenvalue weighted by molar-refractivity contribution is -0.137. The first kappa shape index (κ1) is 26.8. The van der Waals surface area contributed by atoms with Crippen molar-refractivity contribution < 1.29 is 18.0 Å². The summed E-state index contributed by atoms with van der Waals surface area (Å²) in [5, 5.41) is 8.94. The summed E-state index contributed by atoms with van der Waals surface area (Å²) in [5.74, 6) is 2.09. The second-order valence-electron chi connectivity index (χ2n) is 10.4. The van der Waals surface area contributed by atoms with E-state index in [0.717, 1.165) is 42.7 Å². The molecule has 4 heterocycles. The van der Waals surface area contributed by atoms with Crippen LogP contribution in [0, 0.1) is 5.92 Å². The monoisotopic (exact) mass is 561 g/mol. The summed E-state index contributed by atoms with van der Waals surface area (Å²) in [7, 11) is 0. The molecule has 1 atom stereocenters. The van der Waals surface area contributed by atoms with E-state index in [0.29, 0.717) is 44.2 Å². The van der Waals surface area contributed by atoms with Crippen molar-refractivity contribution >= 4 is 17.4 Å². The Morgan fingerprint density at radius 3 is 2.32 bits per heavy atom. The van der Waals surface area contributed by atoms with Gasteiger partial charge in [0.2, 0.25) is 5.91 Å². The van der Waals surface area contributed by atoms with E-state index in [4.69, 9.17) is 0 Å². The Hall–Kier alpha value is -4.41. The molecule has 212 valence electrons. The van der Waals surface area contributed by atoms with E-state index in [9.17, 15) is 18.0 Å². The molecule has 0 bridgehead atoms. The number of halogens is 3. The number of piperazine rings is 1. The Morgan fingerprint density at radius 1 is 0.829 bits per heavy atom. The standard InChI is InChI=1S/C30H30F3N7O/c31-30(32,33)24-9-4-10-25(20-24)37-16-18-38(19-17-37)29(41)23-8-5-14-39(21-23)26-11-12-27(36-35-26)40-15-13-34-28(40)22-6-2-1-3-7-22/h1-4,6-7,9-13,15,20,23H,5,8,14,16-19,21H2. The predicted molar refractivity (Wildman–Crippen MR) is 150 cm³/mol. The first-order chi connectivity index (χ1) is 19.9. The molecular formula is C30H30F3N7O. The van der Waals surface area contributed by atoms with Crippen LogP contribution in [0.1, 0.15) is 18.4 Å². The summed E-state index contributed by atoms with van der Waals surface area (Å²) >= 11 is 0. The Labute approximate surface area is 236 Å². The highest BCUT2D eigenvalue weighted by Gasteiger charge is 2.33. The maximum atomic E-state index is 13.4. The third kappa shape index (κ3) is 5.75. The highest BCUT2D eigenvalue weighted by Crippen LogP contribution is 2.32. The third-order valence-electron chi connectivity index (χ3n) is 7.78. The Morgan fingerprint density at radius 2 is 1.59 bits per heavy atom. The summed E-state index contributed by atoms with van der Waals surface area (Å²) in [5.41, 5.74) is 0.856. The van der Waals surface area contributed by atoms with Crippen LogP contribution < -0.4 is 9.80 Å². The number of amides is 1. The number of imidazole rings is 1. The van der Waals surface area contributed by atoms with Gasteiger partial charge in [-0.05, 0) is 43.2 Å². The van der Waals surface area contributed by atoms with Crippen LogP contribution in [0.4, 0.5) is 24.7 Å². The van der Waals surface area contributed by atoms with Gasteiger partial charge >= 0.3 is 6.18 Å². The first-order valence-electron chi connectivity index (χ1n) is 13.8. The van der Waals surface area contributed by atoms with Crippen molar-refractivity contribution in [3.05, 3.63) is 84.7 Å². The van der Waals surface area contributed by atoms with Crippen molar-refractivity contribution in [2.75, 3.05) is 49.1 Å². The van der Waals surface area contributed by atoms with Crippen LogP contribution >= 0.6 is 0 Å². The maximum Gasteiger partial charge on any atom is 0.416 e. The molecule has 1 amide bonds. The molecule has 2 fully saturated rings.